The molecule has 0 radical (unpaired) electrons. The van der Waals surface area contributed by atoms with Gasteiger partial charge in [0.25, 0.3) is 0 Å². The summed E-state index contributed by atoms with van der Waals surface area (Å²) in [5.41, 5.74) is 6.77. The zero-order chi connectivity index (χ0) is 17.5. The monoisotopic (exact) mass is 476 g/mol. The normalized spacial score (nSPS) is 12.4. The number of methoxy groups -OCH3 is 2. The average Bonchev–Trinajstić information content (AvgIpc) is 3.08. The molecule has 0 aliphatic heterocycles. The first-order chi connectivity index (χ1) is 11.5. The van der Waals surface area contributed by atoms with Crippen LogP contribution in [0.25, 0.3) is 0 Å². The van der Waals surface area contributed by atoms with E-state index in [9.17, 15) is 0 Å². The number of anilines is 1. The first-order valence-corrected chi connectivity index (χ1v) is 8.42. The topological polar surface area (TPSA) is 72.1 Å². The molecule has 1 aromatic carbocycles. The van der Waals surface area contributed by atoms with E-state index >= 15 is 0 Å². The molecule has 1 heterocycles. The van der Waals surface area contributed by atoms with Crippen molar-refractivity contribution in [1.82, 2.24) is 4.90 Å². The van der Waals surface area contributed by atoms with Crippen molar-refractivity contribution in [3.63, 3.8) is 0 Å². The molecule has 2 rings (SSSR count). The molecular formula is C17H25IN4O2S. The van der Waals surface area contributed by atoms with Gasteiger partial charge in [-0.1, -0.05) is 6.07 Å². The fraction of sp³-hybridized carbons (Fsp3) is 0.353. The van der Waals surface area contributed by atoms with Gasteiger partial charge in [0.1, 0.15) is 11.5 Å². The fourth-order valence-corrected chi connectivity index (χ4v) is 3.18. The summed E-state index contributed by atoms with van der Waals surface area (Å²) in [5.74, 6) is 1.73. The predicted molar refractivity (Wildman–Crippen MR) is 116 cm³/mol. The standard InChI is InChI=1S/C17H24N4O2S.HI/c1-21(2)14(16-6-5-9-24-16)11-19-17(18)20-13-10-12(22-3)7-8-15(13)23-4;/h5-10,14H,11H2,1-4H3,(H3,18,19,20);1H. The average molecular weight is 476 g/mol. The highest BCUT2D eigenvalue weighted by Gasteiger charge is 2.15. The van der Waals surface area contributed by atoms with Crippen LogP contribution in [0.3, 0.4) is 0 Å². The molecule has 0 aliphatic rings. The maximum Gasteiger partial charge on any atom is 0.193 e. The second-order valence-corrected chi connectivity index (χ2v) is 6.39. The Balaban J connectivity index is 0.00000312. The van der Waals surface area contributed by atoms with E-state index in [4.69, 9.17) is 15.2 Å². The molecular weight excluding hydrogens is 451 g/mol. The number of aliphatic imine (C=N–C) groups is 1. The van der Waals surface area contributed by atoms with Crippen molar-refractivity contribution >= 4 is 47.0 Å². The van der Waals surface area contributed by atoms with E-state index in [-0.39, 0.29) is 30.0 Å². The molecule has 2 aromatic rings. The van der Waals surface area contributed by atoms with E-state index in [1.807, 2.05) is 38.4 Å². The molecule has 8 heteroatoms. The number of ether oxygens (including phenoxy) is 2. The van der Waals surface area contributed by atoms with Gasteiger partial charge in [-0.05, 0) is 37.7 Å². The van der Waals surface area contributed by atoms with Crippen molar-refractivity contribution < 1.29 is 9.47 Å². The molecule has 3 N–H and O–H groups in total. The zero-order valence-corrected chi connectivity index (χ0v) is 18.0. The number of rotatable bonds is 7. The van der Waals surface area contributed by atoms with Crippen LogP contribution in [0.5, 0.6) is 11.5 Å². The van der Waals surface area contributed by atoms with Crippen LogP contribution in [0.15, 0.2) is 40.7 Å². The molecule has 0 fully saturated rings. The second-order valence-electron chi connectivity index (χ2n) is 5.41. The maximum absolute atomic E-state index is 6.05. The smallest absolute Gasteiger partial charge is 0.193 e. The van der Waals surface area contributed by atoms with Crippen molar-refractivity contribution in [2.75, 3.05) is 40.2 Å². The SMILES string of the molecule is COc1ccc(OC)c(NC(N)=NCC(c2cccs2)N(C)C)c1.I. The Hall–Kier alpha value is -1.52. The second kappa shape index (κ2) is 10.5. The first-order valence-electron chi connectivity index (χ1n) is 7.54. The lowest BCUT2D eigenvalue weighted by Crippen LogP contribution is -2.27. The molecule has 1 aromatic heterocycles. The van der Waals surface area contributed by atoms with Gasteiger partial charge < -0.3 is 25.4 Å². The Bertz CT molecular complexity index is 677. The summed E-state index contributed by atoms with van der Waals surface area (Å²) < 4.78 is 10.6. The fourth-order valence-electron chi connectivity index (χ4n) is 2.26. The third kappa shape index (κ3) is 6.05. The van der Waals surface area contributed by atoms with Crippen LogP contribution in [0.1, 0.15) is 10.9 Å². The first kappa shape index (κ1) is 21.5. The van der Waals surface area contributed by atoms with Crippen LogP contribution in [0.4, 0.5) is 5.69 Å². The number of guanidine groups is 1. The van der Waals surface area contributed by atoms with Gasteiger partial charge in [-0.3, -0.25) is 4.99 Å². The van der Waals surface area contributed by atoms with Gasteiger partial charge in [0.15, 0.2) is 5.96 Å². The Kier molecular flexibility index (Phi) is 9.01. The van der Waals surface area contributed by atoms with Crippen LogP contribution in [-0.2, 0) is 0 Å². The minimum absolute atomic E-state index is 0. The molecule has 25 heavy (non-hydrogen) atoms. The molecule has 1 atom stereocenters. The van der Waals surface area contributed by atoms with Crippen molar-refractivity contribution in [3.05, 3.63) is 40.6 Å². The van der Waals surface area contributed by atoms with Crippen molar-refractivity contribution in [3.8, 4) is 11.5 Å². The maximum atomic E-state index is 6.05. The number of nitrogens with one attached hydrogen (secondary N) is 1. The van der Waals surface area contributed by atoms with Crippen LogP contribution < -0.4 is 20.5 Å². The minimum atomic E-state index is 0. The number of thiophene rings is 1. The Morgan fingerprint density at radius 2 is 2.04 bits per heavy atom. The number of nitrogens with zero attached hydrogens (tertiary/aromatic N) is 2. The summed E-state index contributed by atoms with van der Waals surface area (Å²) in [4.78, 5) is 7.87. The number of halogens is 1. The summed E-state index contributed by atoms with van der Waals surface area (Å²) in [5, 5.41) is 5.15. The van der Waals surface area contributed by atoms with Crippen LogP contribution in [0, 0.1) is 0 Å². The third-order valence-electron chi connectivity index (χ3n) is 3.60. The molecule has 0 amide bonds. The third-order valence-corrected chi connectivity index (χ3v) is 4.57. The highest BCUT2D eigenvalue weighted by molar-refractivity contribution is 14.0. The van der Waals surface area contributed by atoms with Gasteiger partial charge in [0.05, 0.1) is 32.5 Å². The highest BCUT2D eigenvalue weighted by Crippen LogP contribution is 2.29. The molecule has 0 aliphatic carbocycles. The Morgan fingerprint density at radius 1 is 1.28 bits per heavy atom. The van der Waals surface area contributed by atoms with E-state index in [1.54, 1.807) is 25.6 Å². The van der Waals surface area contributed by atoms with E-state index in [2.05, 4.69) is 26.7 Å². The number of benzene rings is 1. The van der Waals surface area contributed by atoms with Crippen LogP contribution in [0.2, 0.25) is 0 Å². The van der Waals surface area contributed by atoms with E-state index in [0.29, 0.717) is 18.3 Å². The van der Waals surface area contributed by atoms with Crippen LogP contribution in [-0.4, -0.2) is 45.7 Å². The lowest BCUT2D eigenvalue weighted by Gasteiger charge is -2.21. The zero-order valence-electron chi connectivity index (χ0n) is 14.9. The lowest BCUT2D eigenvalue weighted by molar-refractivity contribution is 0.311. The number of likely N-dealkylation sites (N-methyl/N-ethyl adjacent to an activating group) is 1. The molecule has 6 nitrogen and oxygen atoms in total. The summed E-state index contributed by atoms with van der Waals surface area (Å²) in [7, 11) is 7.30. The van der Waals surface area contributed by atoms with E-state index in [0.717, 1.165) is 11.4 Å². The largest absolute Gasteiger partial charge is 0.497 e. The van der Waals surface area contributed by atoms with Crippen LogP contribution >= 0.6 is 35.3 Å². The molecule has 0 spiro atoms. The van der Waals surface area contributed by atoms with Gasteiger partial charge in [-0.15, -0.1) is 35.3 Å². The Morgan fingerprint density at radius 3 is 2.60 bits per heavy atom. The predicted octanol–water partition coefficient (Wildman–Crippen LogP) is 3.41. The van der Waals surface area contributed by atoms with Crippen molar-refractivity contribution in [1.29, 1.82) is 0 Å². The minimum Gasteiger partial charge on any atom is -0.497 e. The van der Waals surface area contributed by atoms with Gasteiger partial charge in [0, 0.05) is 10.9 Å². The number of hydrogen-bond donors (Lipinski definition) is 2. The lowest BCUT2D eigenvalue weighted by atomic mass is 10.2. The quantitative estimate of drug-likeness (QED) is 0.364. The van der Waals surface area contributed by atoms with E-state index in [1.165, 1.54) is 4.88 Å². The van der Waals surface area contributed by atoms with Crippen molar-refractivity contribution in [2.45, 2.75) is 6.04 Å². The summed E-state index contributed by atoms with van der Waals surface area (Å²) >= 11 is 1.72. The van der Waals surface area contributed by atoms with Gasteiger partial charge in [-0.25, -0.2) is 0 Å². The molecule has 138 valence electrons. The molecule has 0 bridgehead atoms. The molecule has 0 saturated carbocycles. The van der Waals surface area contributed by atoms with Gasteiger partial charge in [0.2, 0.25) is 0 Å². The summed E-state index contributed by atoms with van der Waals surface area (Å²) in [6.07, 6.45) is 0. The van der Waals surface area contributed by atoms with Gasteiger partial charge >= 0.3 is 0 Å². The highest BCUT2D eigenvalue weighted by atomic mass is 127. The van der Waals surface area contributed by atoms with Gasteiger partial charge in [-0.2, -0.15) is 0 Å². The Labute approximate surface area is 170 Å². The molecule has 0 saturated heterocycles. The summed E-state index contributed by atoms with van der Waals surface area (Å²) in [6, 6.07) is 9.82. The summed E-state index contributed by atoms with van der Waals surface area (Å²) in [6.45, 7) is 0.568. The molecule has 1 unspecified atom stereocenters. The number of hydrogen-bond acceptors (Lipinski definition) is 5. The van der Waals surface area contributed by atoms with E-state index < -0.39 is 0 Å². The number of nitrogens with two attached hydrogens (primary N) is 1. The van der Waals surface area contributed by atoms with Crippen molar-refractivity contribution in [2.24, 2.45) is 10.7 Å².